The van der Waals surface area contributed by atoms with E-state index in [4.69, 9.17) is 27.9 Å². The number of hydrogen-bond donors (Lipinski definition) is 1. The summed E-state index contributed by atoms with van der Waals surface area (Å²) >= 11 is 12.4. The molecule has 0 aromatic heterocycles. The minimum atomic E-state index is -3.83. The average molecular weight is 559 g/mol. The minimum Gasteiger partial charge on any atom is -0.497 e. The van der Waals surface area contributed by atoms with E-state index in [2.05, 4.69) is 5.32 Å². The highest BCUT2D eigenvalue weighted by Crippen LogP contribution is 2.26. The normalized spacial score (nSPS) is 12.6. The molecule has 2 aromatic carbocycles. The molecule has 0 saturated heterocycles. The standard InChI is InChI=1S/C25H33Cl2N3O5S/c1-7-22(24(32)28-25(2,3)4)29(15-17-8-9-18(26)14-21(17)27)23(31)16-30(36(6,33)34)19-10-12-20(35-5)13-11-19/h8-14,22H,7,15-16H2,1-6H3,(H,28,32)/t22-/m1/s1. The van der Waals surface area contributed by atoms with Crippen molar-refractivity contribution in [2.75, 3.05) is 24.2 Å². The predicted molar refractivity (Wildman–Crippen MR) is 144 cm³/mol. The molecule has 0 aliphatic heterocycles. The maximum atomic E-state index is 13.7. The first kappa shape index (κ1) is 29.7. The summed E-state index contributed by atoms with van der Waals surface area (Å²) in [6, 6.07) is 10.3. The van der Waals surface area contributed by atoms with E-state index in [9.17, 15) is 18.0 Å². The van der Waals surface area contributed by atoms with E-state index < -0.39 is 34.1 Å². The van der Waals surface area contributed by atoms with Crippen LogP contribution in [0, 0.1) is 0 Å². The first-order valence-electron chi connectivity index (χ1n) is 11.3. The van der Waals surface area contributed by atoms with Crippen LogP contribution in [-0.2, 0) is 26.2 Å². The zero-order valence-electron chi connectivity index (χ0n) is 21.3. The number of hydrogen-bond acceptors (Lipinski definition) is 5. The zero-order valence-corrected chi connectivity index (χ0v) is 23.7. The number of ether oxygens (including phenoxy) is 1. The molecular weight excluding hydrogens is 525 g/mol. The first-order chi connectivity index (χ1) is 16.7. The number of carbonyl (C=O) groups excluding carboxylic acids is 2. The zero-order chi connectivity index (χ0) is 27.3. The largest absolute Gasteiger partial charge is 0.497 e. The van der Waals surface area contributed by atoms with E-state index in [-0.39, 0.29) is 12.5 Å². The van der Waals surface area contributed by atoms with Crippen LogP contribution in [0.15, 0.2) is 42.5 Å². The van der Waals surface area contributed by atoms with Crippen LogP contribution in [0.25, 0.3) is 0 Å². The number of rotatable bonds is 10. The van der Waals surface area contributed by atoms with Crippen molar-refractivity contribution in [1.29, 1.82) is 0 Å². The van der Waals surface area contributed by atoms with E-state index >= 15 is 0 Å². The summed E-state index contributed by atoms with van der Waals surface area (Å²) < 4.78 is 31.5. The van der Waals surface area contributed by atoms with Gasteiger partial charge in [0.1, 0.15) is 18.3 Å². The van der Waals surface area contributed by atoms with Crippen LogP contribution >= 0.6 is 23.2 Å². The summed E-state index contributed by atoms with van der Waals surface area (Å²) in [5.41, 5.74) is 0.342. The van der Waals surface area contributed by atoms with Crippen molar-refractivity contribution in [2.24, 2.45) is 0 Å². The van der Waals surface area contributed by atoms with Crippen molar-refractivity contribution in [3.8, 4) is 5.75 Å². The van der Waals surface area contributed by atoms with Gasteiger partial charge in [-0.2, -0.15) is 0 Å². The van der Waals surface area contributed by atoms with Crippen molar-refractivity contribution < 1.29 is 22.7 Å². The fraction of sp³-hybridized carbons (Fsp3) is 0.440. The van der Waals surface area contributed by atoms with Crippen LogP contribution in [0.3, 0.4) is 0 Å². The highest BCUT2D eigenvalue weighted by Gasteiger charge is 2.33. The number of methoxy groups -OCH3 is 1. The number of nitrogens with one attached hydrogen (secondary N) is 1. The predicted octanol–water partition coefficient (Wildman–Crippen LogP) is 4.49. The summed E-state index contributed by atoms with van der Waals surface area (Å²) in [6.45, 7) is 6.80. The van der Waals surface area contributed by atoms with Gasteiger partial charge in [-0.1, -0.05) is 36.2 Å². The average Bonchev–Trinajstić information content (AvgIpc) is 2.76. The van der Waals surface area contributed by atoms with Crippen molar-refractivity contribution in [2.45, 2.75) is 52.2 Å². The molecule has 11 heteroatoms. The highest BCUT2D eigenvalue weighted by molar-refractivity contribution is 7.92. The molecule has 0 aliphatic rings. The maximum Gasteiger partial charge on any atom is 0.244 e. The minimum absolute atomic E-state index is 0.00881. The van der Waals surface area contributed by atoms with Gasteiger partial charge in [-0.05, 0) is 69.2 Å². The lowest BCUT2D eigenvalue weighted by atomic mass is 10.1. The second-order valence-corrected chi connectivity index (χ2v) is 12.1. The van der Waals surface area contributed by atoms with Crippen LogP contribution in [-0.4, -0.2) is 56.6 Å². The topological polar surface area (TPSA) is 96.0 Å². The monoisotopic (exact) mass is 557 g/mol. The van der Waals surface area contributed by atoms with Crippen LogP contribution in [0.1, 0.15) is 39.7 Å². The van der Waals surface area contributed by atoms with Gasteiger partial charge in [0, 0.05) is 22.1 Å². The lowest BCUT2D eigenvalue weighted by Gasteiger charge is -2.34. The third kappa shape index (κ3) is 8.28. The molecule has 8 nitrogen and oxygen atoms in total. The van der Waals surface area contributed by atoms with E-state index in [1.165, 1.54) is 12.0 Å². The van der Waals surface area contributed by atoms with Gasteiger partial charge < -0.3 is 15.0 Å². The summed E-state index contributed by atoms with van der Waals surface area (Å²) in [7, 11) is -2.33. The van der Waals surface area contributed by atoms with Gasteiger partial charge in [0.05, 0.1) is 19.1 Å². The smallest absolute Gasteiger partial charge is 0.244 e. The molecule has 0 spiro atoms. The van der Waals surface area contributed by atoms with E-state index in [1.54, 1.807) is 49.4 Å². The number of halogens is 2. The van der Waals surface area contributed by atoms with Crippen molar-refractivity contribution in [1.82, 2.24) is 10.2 Å². The molecule has 0 aliphatic carbocycles. The Balaban J connectivity index is 2.48. The number of benzene rings is 2. The molecule has 2 rings (SSSR count). The van der Waals surface area contributed by atoms with Crippen LogP contribution in [0.2, 0.25) is 10.0 Å². The molecule has 36 heavy (non-hydrogen) atoms. The molecule has 1 atom stereocenters. The molecule has 2 aromatic rings. The van der Waals surface area contributed by atoms with Gasteiger partial charge in [-0.15, -0.1) is 0 Å². The fourth-order valence-electron chi connectivity index (χ4n) is 3.57. The van der Waals surface area contributed by atoms with E-state index in [0.29, 0.717) is 33.5 Å². The summed E-state index contributed by atoms with van der Waals surface area (Å²) in [4.78, 5) is 28.2. The number of anilines is 1. The SMILES string of the molecule is CC[C@H](C(=O)NC(C)(C)C)N(Cc1ccc(Cl)cc1Cl)C(=O)CN(c1ccc(OC)cc1)S(C)(=O)=O. The van der Waals surface area contributed by atoms with E-state index in [0.717, 1.165) is 10.6 Å². The number of amides is 2. The molecule has 198 valence electrons. The Bertz CT molecular complexity index is 1180. The second kappa shape index (κ2) is 12.2. The van der Waals surface area contributed by atoms with Gasteiger partial charge >= 0.3 is 0 Å². The molecule has 2 amide bonds. The van der Waals surface area contributed by atoms with Gasteiger partial charge in [0.2, 0.25) is 21.8 Å². The number of sulfonamides is 1. The molecular formula is C25H33Cl2N3O5S. The highest BCUT2D eigenvalue weighted by atomic mass is 35.5. The summed E-state index contributed by atoms with van der Waals surface area (Å²) in [5, 5.41) is 3.68. The van der Waals surface area contributed by atoms with Gasteiger partial charge in [0.15, 0.2) is 0 Å². The van der Waals surface area contributed by atoms with Crippen molar-refractivity contribution >= 4 is 50.7 Å². The van der Waals surface area contributed by atoms with Crippen molar-refractivity contribution in [3.05, 3.63) is 58.1 Å². The quantitative estimate of drug-likeness (QED) is 0.464. The lowest BCUT2D eigenvalue weighted by Crippen LogP contribution is -2.55. The molecule has 0 unspecified atom stereocenters. The molecule has 0 heterocycles. The Morgan fingerprint density at radius 1 is 1.08 bits per heavy atom. The number of nitrogens with zero attached hydrogens (tertiary/aromatic N) is 2. The molecule has 0 fully saturated rings. The van der Waals surface area contributed by atoms with Gasteiger partial charge in [-0.3, -0.25) is 13.9 Å². The van der Waals surface area contributed by atoms with Crippen LogP contribution in [0.5, 0.6) is 5.75 Å². The van der Waals surface area contributed by atoms with Crippen LogP contribution in [0.4, 0.5) is 5.69 Å². The Morgan fingerprint density at radius 3 is 2.17 bits per heavy atom. The van der Waals surface area contributed by atoms with Gasteiger partial charge in [-0.25, -0.2) is 8.42 Å². The second-order valence-electron chi connectivity index (χ2n) is 9.39. The maximum absolute atomic E-state index is 13.7. The molecule has 0 saturated carbocycles. The van der Waals surface area contributed by atoms with Crippen molar-refractivity contribution in [3.63, 3.8) is 0 Å². The van der Waals surface area contributed by atoms with Gasteiger partial charge in [0.25, 0.3) is 0 Å². The Hall–Kier alpha value is -2.49. The first-order valence-corrected chi connectivity index (χ1v) is 13.9. The Morgan fingerprint density at radius 2 is 1.69 bits per heavy atom. The molecule has 0 bridgehead atoms. The lowest BCUT2D eigenvalue weighted by molar-refractivity contribution is -0.141. The number of carbonyl (C=O) groups is 2. The summed E-state index contributed by atoms with van der Waals surface area (Å²) in [5.74, 6) is -0.362. The third-order valence-corrected chi connectivity index (χ3v) is 7.01. The molecule has 1 N–H and O–H groups in total. The third-order valence-electron chi connectivity index (χ3n) is 5.28. The van der Waals surface area contributed by atoms with Crippen LogP contribution < -0.4 is 14.4 Å². The fourth-order valence-corrected chi connectivity index (χ4v) is 4.89. The molecule has 0 radical (unpaired) electrons. The Kier molecular flexibility index (Phi) is 10.0. The van der Waals surface area contributed by atoms with E-state index in [1.807, 2.05) is 20.8 Å². The Labute approximate surface area is 223 Å². The summed E-state index contributed by atoms with van der Waals surface area (Å²) in [6.07, 6.45) is 1.33.